The van der Waals surface area contributed by atoms with Crippen molar-refractivity contribution >= 4 is 30.1 Å². The van der Waals surface area contributed by atoms with Crippen LogP contribution >= 0.6 is 0 Å². The molecule has 41 heavy (non-hydrogen) atoms. The van der Waals surface area contributed by atoms with Crippen LogP contribution in [-0.2, 0) is 30.1 Å². The molecule has 0 amide bonds. The lowest BCUT2D eigenvalue weighted by Crippen LogP contribution is -2.65. The smallest absolute Gasteiger partial charge is 0.171 e. The Morgan fingerprint density at radius 3 is 0.951 bits per heavy atom. The minimum atomic E-state index is -4.71. The first-order valence-corrected chi connectivity index (χ1v) is 21.9. The van der Waals surface area contributed by atoms with Crippen LogP contribution in [0, 0.1) is 0 Å². The molecule has 0 aromatic rings. The van der Waals surface area contributed by atoms with Crippen LogP contribution < -0.4 is 0 Å². The molecule has 0 atom stereocenters. The van der Waals surface area contributed by atoms with Crippen molar-refractivity contribution in [3.63, 3.8) is 0 Å². The summed E-state index contributed by atoms with van der Waals surface area (Å²) >= 11 is 0. The molecule has 10 heteroatoms. The summed E-state index contributed by atoms with van der Waals surface area (Å²) in [7, 11) is -13.9. The van der Waals surface area contributed by atoms with Gasteiger partial charge in [-0.15, -0.1) is 0 Å². The van der Waals surface area contributed by atoms with Crippen molar-refractivity contribution in [1.82, 2.24) is 0 Å². The Hall–Kier alpha value is -0.190. The molecular weight excluding hydrogens is 579 g/mol. The van der Waals surface area contributed by atoms with Gasteiger partial charge < -0.3 is 0 Å². The van der Waals surface area contributed by atoms with Crippen molar-refractivity contribution in [2.24, 2.45) is 0 Å². The van der Waals surface area contributed by atoms with Gasteiger partial charge in [-0.2, -0.15) is 25.3 Å². The van der Waals surface area contributed by atoms with E-state index in [1.54, 1.807) is 0 Å². The minimum absolute atomic E-state index is 0.235. The molecule has 0 aromatic carbocycles. The zero-order chi connectivity index (χ0) is 31.5. The Bertz CT molecular complexity index is 923. The number of hydrogen-bond acceptors (Lipinski definition) is 6. The van der Waals surface area contributed by atoms with E-state index in [0.29, 0.717) is 44.9 Å². The average molecular weight is 645 g/mol. The lowest BCUT2D eigenvalue weighted by atomic mass is 9.88. The summed E-state index contributed by atoms with van der Waals surface area (Å²) < 4.78 is 81.2. The highest BCUT2D eigenvalue weighted by atomic mass is 32.3. The van der Waals surface area contributed by atoms with Crippen LogP contribution in [0.4, 0.5) is 0 Å². The molecule has 0 aromatic heterocycles. The SMILES string of the molecule is CCCCCCCC(CCCCCCC)(CCCCCCC)S(=O)(=O)[N+](CCCCCCC)(S(C)(=O)=O)S(C)(=O)=O. The van der Waals surface area contributed by atoms with Gasteiger partial charge in [-0.1, -0.05) is 143 Å². The molecule has 0 spiro atoms. The van der Waals surface area contributed by atoms with E-state index in [9.17, 15) is 16.8 Å². The number of unbranched alkanes of at least 4 members (excludes halogenated alkanes) is 16. The van der Waals surface area contributed by atoms with E-state index in [1.165, 1.54) is 0 Å². The molecule has 248 valence electrons. The second-order valence-electron chi connectivity index (χ2n) is 12.4. The molecule has 0 saturated heterocycles. The number of hydrogen-bond donors (Lipinski definition) is 0. The van der Waals surface area contributed by atoms with E-state index in [-0.39, 0.29) is 6.42 Å². The molecule has 0 unspecified atom stereocenters. The maximum absolute atomic E-state index is 15.1. The highest BCUT2D eigenvalue weighted by molar-refractivity contribution is 8.09. The standard InChI is InChI=1S/C31H66NO6S3/c1-7-11-15-19-23-27-31(28-24-20-16-12-8-2,29-25-21-17-13-9-3)41(37,38)32(39(5,33)34,40(6,35)36)30-26-22-18-14-10-4/h7-30H2,1-6H3/q+1. The molecule has 0 N–H and O–H groups in total. The average Bonchev–Trinajstić information content (AvgIpc) is 2.88. The van der Waals surface area contributed by atoms with Crippen LogP contribution in [0.2, 0.25) is 0 Å². The lowest BCUT2D eigenvalue weighted by molar-refractivity contribution is -0.526. The summed E-state index contributed by atoms with van der Waals surface area (Å²) in [5.74, 6) is 0. The second kappa shape index (κ2) is 20.7. The number of nitrogens with zero attached hydrogens (tertiary/aromatic N) is 1. The van der Waals surface area contributed by atoms with E-state index in [4.69, 9.17) is 0 Å². The first-order chi connectivity index (χ1) is 19.2. The third kappa shape index (κ3) is 12.4. The highest BCUT2D eigenvalue weighted by Gasteiger charge is 2.66. The monoisotopic (exact) mass is 644 g/mol. The van der Waals surface area contributed by atoms with Crippen molar-refractivity contribution < 1.29 is 28.0 Å². The zero-order valence-electron chi connectivity index (χ0n) is 27.6. The van der Waals surface area contributed by atoms with Crippen molar-refractivity contribution in [2.75, 3.05) is 19.1 Å². The van der Waals surface area contributed by atoms with Gasteiger partial charge in [-0.25, -0.2) is 0 Å². The normalized spacial score (nSPS) is 13.6. The summed E-state index contributed by atoms with van der Waals surface area (Å²) in [5.41, 5.74) is 0. The Labute approximate surface area is 256 Å². The molecule has 0 aliphatic carbocycles. The molecule has 7 nitrogen and oxygen atoms in total. The molecular formula is C31H66NO6S3+. The Kier molecular flexibility index (Phi) is 20.6. The highest BCUT2D eigenvalue weighted by Crippen LogP contribution is 2.45. The fourth-order valence-electron chi connectivity index (χ4n) is 6.17. The van der Waals surface area contributed by atoms with Gasteiger partial charge in [-0.05, 0) is 28.4 Å². The predicted molar refractivity (Wildman–Crippen MR) is 175 cm³/mol. The van der Waals surface area contributed by atoms with Crippen molar-refractivity contribution in [3.8, 4) is 0 Å². The van der Waals surface area contributed by atoms with E-state index < -0.39 is 44.1 Å². The second-order valence-corrected chi connectivity index (χ2v) is 19.7. The fourth-order valence-corrected chi connectivity index (χ4v) is 15.0. The van der Waals surface area contributed by atoms with Gasteiger partial charge in [0.1, 0.15) is 11.3 Å². The van der Waals surface area contributed by atoms with Crippen LogP contribution in [0.25, 0.3) is 0 Å². The van der Waals surface area contributed by atoms with Crippen LogP contribution in [0.1, 0.15) is 175 Å². The number of quaternary nitrogens is 1. The molecule has 0 heterocycles. The molecule has 0 aliphatic rings. The molecule has 0 fully saturated rings. The third-order valence-electron chi connectivity index (χ3n) is 8.67. The molecule has 0 radical (unpaired) electrons. The Morgan fingerprint density at radius 1 is 0.415 bits per heavy atom. The summed E-state index contributed by atoms with van der Waals surface area (Å²) in [4.78, 5) is 0. The molecule has 0 rings (SSSR count). The van der Waals surface area contributed by atoms with Crippen LogP contribution in [0.5, 0.6) is 0 Å². The molecule has 0 aliphatic heterocycles. The fraction of sp³-hybridized carbons (Fsp3) is 1.00. The lowest BCUT2D eigenvalue weighted by Gasteiger charge is -2.41. The number of sulfonamides is 3. The van der Waals surface area contributed by atoms with Crippen LogP contribution in [0.3, 0.4) is 0 Å². The minimum Gasteiger partial charge on any atom is -0.171 e. The van der Waals surface area contributed by atoms with Crippen molar-refractivity contribution in [2.45, 2.75) is 180 Å². The summed E-state index contributed by atoms with van der Waals surface area (Å²) in [6.45, 7) is 8.02. The quantitative estimate of drug-likeness (QED) is 0.0623. The van der Waals surface area contributed by atoms with E-state index >= 15 is 8.42 Å². The van der Waals surface area contributed by atoms with Gasteiger partial charge in [0.15, 0.2) is 0 Å². The van der Waals surface area contributed by atoms with Crippen molar-refractivity contribution in [1.29, 1.82) is 0 Å². The van der Waals surface area contributed by atoms with Crippen molar-refractivity contribution in [3.05, 3.63) is 0 Å². The zero-order valence-corrected chi connectivity index (χ0v) is 30.0. The van der Waals surface area contributed by atoms with Crippen LogP contribution in [0.15, 0.2) is 0 Å². The first-order valence-electron chi connectivity index (χ1n) is 16.8. The summed E-state index contributed by atoms with van der Waals surface area (Å²) in [6.07, 6.45) is 20.1. The van der Waals surface area contributed by atoms with Gasteiger partial charge in [0, 0.05) is 6.42 Å². The van der Waals surface area contributed by atoms with Crippen LogP contribution in [-0.4, -0.2) is 51.8 Å². The predicted octanol–water partition coefficient (Wildman–Crippen LogP) is 8.84. The topological polar surface area (TPSA) is 102 Å². The van der Waals surface area contributed by atoms with Gasteiger partial charge in [-0.3, -0.25) is 0 Å². The Balaban J connectivity index is 6.90. The maximum atomic E-state index is 15.1. The van der Waals surface area contributed by atoms with Gasteiger partial charge in [0.05, 0.1) is 12.5 Å². The summed E-state index contributed by atoms with van der Waals surface area (Å²) in [6, 6.07) is 0. The molecule has 0 bridgehead atoms. The molecule has 0 saturated carbocycles. The van der Waals surface area contributed by atoms with Gasteiger partial charge >= 0.3 is 30.1 Å². The van der Waals surface area contributed by atoms with E-state index in [0.717, 1.165) is 109 Å². The largest absolute Gasteiger partial charge is 0.331 e. The number of rotatable bonds is 28. The summed E-state index contributed by atoms with van der Waals surface area (Å²) in [5, 5.41) is 0. The van der Waals surface area contributed by atoms with E-state index in [2.05, 4.69) is 27.7 Å². The third-order valence-corrected chi connectivity index (χ3v) is 18.1. The Morgan fingerprint density at radius 2 is 0.683 bits per heavy atom. The first kappa shape index (κ1) is 40.8. The van der Waals surface area contributed by atoms with Gasteiger partial charge in [0.25, 0.3) is 0 Å². The maximum Gasteiger partial charge on any atom is 0.331 e. The van der Waals surface area contributed by atoms with E-state index in [1.807, 2.05) is 0 Å². The van der Waals surface area contributed by atoms with Gasteiger partial charge in [0.2, 0.25) is 0 Å².